The van der Waals surface area contributed by atoms with E-state index in [0.717, 1.165) is 16.9 Å². The highest BCUT2D eigenvalue weighted by molar-refractivity contribution is 5.93. The molecule has 0 unspecified atom stereocenters. The van der Waals surface area contributed by atoms with Gasteiger partial charge in [0.25, 0.3) is 5.88 Å². The molecule has 3 aromatic rings. The first-order valence-electron chi connectivity index (χ1n) is 10.3. The Morgan fingerprint density at radius 1 is 1.17 bits per heavy atom. The molecule has 1 N–H and O–H groups in total. The average molecular weight is 408 g/mol. The van der Waals surface area contributed by atoms with Crippen molar-refractivity contribution >= 4 is 28.4 Å². The van der Waals surface area contributed by atoms with Gasteiger partial charge in [-0.1, -0.05) is 12.1 Å². The molecule has 7 heteroatoms. The lowest BCUT2D eigenvalue weighted by atomic mass is 9.95. The molecule has 0 spiro atoms. The van der Waals surface area contributed by atoms with Crippen LogP contribution in [0.3, 0.4) is 0 Å². The number of nitrogens with one attached hydrogen (secondary N) is 1. The molecule has 0 saturated carbocycles. The van der Waals surface area contributed by atoms with E-state index >= 15 is 0 Å². The van der Waals surface area contributed by atoms with Crippen LogP contribution < -0.4 is 15.0 Å². The van der Waals surface area contributed by atoms with Crippen LogP contribution in [0.25, 0.3) is 11.0 Å². The second kappa shape index (κ2) is 8.65. The maximum absolute atomic E-state index is 13.3. The molecule has 1 saturated heterocycles. The van der Waals surface area contributed by atoms with E-state index in [1.165, 1.54) is 12.1 Å². The van der Waals surface area contributed by atoms with Gasteiger partial charge in [0.05, 0.1) is 17.6 Å². The number of carbonyl (C=O) groups excluding carboxylic acids is 1. The number of hydrogen-bond acceptors (Lipinski definition) is 5. The van der Waals surface area contributed by atoms with E-state index in [-0.39, 0.29) is 17.6 Å². The number of aromatic nitrogens is 2. The third-order valence-corrected chi connectivity index (χ3v) is 5.41. The fraction of sp³-hybridized carbons (Fsp3) is 0.348. The number of amides is 1. The number of para-hydroxylation sites is 2. The molecule has 1 aliphatic rings. The summed E-state index contributed by atoms with van der Waals surface area (Å²) in [6.45, 7) is 5.60. The maximum Gasteiger partial charge on any atom is 0.258 e. The number of halogens is 1. The van der Waals surface area contributed by atoms with Gasteiger partial charge in [0, 0.05) is 24.7 Å². The minimum absolute atomic E-state index is 0.0287. The minimum atomic E-state index is -0.305. The second-order valence-corrected chi connectivity index (χ2v) is 7.48. The van der Waals surface area contributed by atoms with E-state index in [2.05, 4.69) is 15.2 Å². The van der Waals surface area contributed by atoms with Crippen LogP contribution in [0.15, 0.2) is 42.5 Å². The van der Waals surface area contributed by atoms with Crippen molar-refractivity contribution in [2.45, 2.75) is 26.7 Å². The van der Waals surface area contributed by atoms with Gasteiger partial charge in [0.2, 0.25) is 5.91 Å². The van der Waals surface area contributed by atoms with Gasteiger partial charge in [-0.15, -0.1) is 0 Å². The van der Waals surface area contributed by atoms with Gasteiger partial charge < -0.3 is 15.0 Å². The van der Waals surface area contributed by atoms with Gasteiger partial charge in [-0.05, 0) is 62.6 Å². The third kappa shape index (κ3) is 4.20. The highest BCUT2D eigenvalue weighted by Crippen LogP contribution is 2.31. The molecule has 1 aliphatic heterocycles. The first kappa shape index (κ1) is 20.1. The van der Waals surface area contributed by atoms with Crippen LogP contribution in [0.1, 0.15) is 25.3 Å². The first-order valence-corrected chi connectivity index (χ1v) is 10.3. The standard InChI is InChI=1S/C23H25FN4O2/c1-3-30-23-21(25-19-6-4-5-7-20(19)27-23)28-12-10-16(11-13-28)22(29)26-18-9-8-17(24)14-15(18)2/h4-9,14,16H,3,10-13H2,1-2H3,(H,26,29). The summed E-state index contributed by atoms with van der Waals surface area (Å²) in [6, 6.07) is 12.1. The average Bonchev–Trinajstić information content (AvgIpc) is 2.75. The number of piperidine rings is 1. The quantitative estimate of drug-likeness (QED) is 0.681. The summed E-state index contributed by atoms with van der Waals surface area (Å²) in [5.74, 6) is 0.818. The van der Waals surface area contributed by atoms with Crippen LogP contribution in [0.4, 0.5) is 15.9 Å². The fourth-order valence-electron chi connectivity index (χ4n) is 3.77. The lowest BCUT2D eigenvalue weighted by Crippen LogP contribution is -2.39. The van der Waals surface area contributed by atoms with E-state index in [1.54, 1.807) is 13.0 Å². The van der Waals surface area contributed by atoms with Crippen molar-refractivity contribution in [2.75, 3.05) is 29.9 Å². The molecule has 1 amide bonds. The molecular weight excluding hydrogens is 383 g/mol. The summed E-state index contributed by atoms with van der Waals surface area (Å²) in [7, 11) is 0. The highest BCUT2D eigenvalue weighted by atomic mass is 19.1. The van der Waals surface area contributed by atoms with Gasteiger partial charge in [-0.2, -0.15) is 0 Å². The Kier molecular flexibility index (Phi) is 5.79. The molecule has 156 valence electrons. The Hall–Kier alpha value is -3.22. The summed E-state index contributed by atoms with van der Waals surface area (Å²) in [5, 5.41) is 2.94. The SMILES string of the molecule is CCOc1nc2ccccc2nc1N1CCC(C(=O)Nc2ccc(F)cc2C)CC1. The number of benzene rings is 2. The van der Waals surface area contributed by atoms with Crippen molar-refractivity contribution in [3.8, 4) is 5.88 Å². The summed E-state index contributed by atoms with van der Waals surface area (Å²) in [6.07, 6.45) is 1.40. The Morgan fingerprint density at radius 2 is 1.87 bits per heavy atom. The minimum Gasteiger partial charge on any atom is -0.475 e. The van der Waals surface area contributed by atoms with Crippen molar-refractivity contribution in [3.05, 3.63) is 53.8 Å². The van der Waals surface area contributed by atoms with Gasteiger partial charge in [0.1, 0.15) is 5.82 Å². The number of rotatable bonds is 5. The van der Waals surface area contributed by atoms with Crippen molar-refractivity contribution in [1.29, 1.82) is 0 Å². The number of fused-ring (bicyclic) bond motifs is 1. The number of ether oxygens (including phenoxy) is 1. The molecule has 1 aromatic heterocycles. The number of hydrogen-bond donors (Lipinski definition) is 1. The van der Waals surface area contributed by atoms with Crippen molar-refractivity contribution in [3.63, 3.8) is 0 Å². The van der Waals surface area contributed by atoms with Crippen LogP contribution in [-0.2, 0) is 4.79 Å². The van der Waals surface area contributed by atoms with Crippen LogP contribution in [-0.4, -0.2) is 35.6 Å². The monoisotopic (exact) mass is 408 g/mol. The lowest BCUT2D eigenvalue weighted by Gasteiger charge is -2.32. The van der Waals surface area contributed by atoms with Gasteiger partial charge in [-0.3, -0.25) is 4.79 Å². The van der Waals surface area contributed by atoms with E-state index in [0.29, 0.717) is 49.7 Å². The van der Waals surface area contributed by atoms with E-state index < -0.39 is 0 Å². The third-order valence-electron chi connectivity index (χ3n) is 5.41. The molecule has 2 heterocycles. The normalized spacial score (nSPS) is 14.7. The predicted molar refractivity (Wildman–Crippen MR) is 115 cm³/mol. The molecule has 0 radical (unpaired) electrons. The molecule has 1 fully saturated rings. The molecule has 0 bridgehead atoms. The molecule has 4 rings (SSSR count). The number of carbonyl (C=O) groups is 1. The Morgan fingerprint density at radius 3 is 2.53 bits per heavy atom. The van der Waals surface area contributed by atoms with Crippen LogP contribution >= 0.6 is 0 Å². The maximum atomic E-state index is 13.3. The molecule has 30 heavy (non-hydrogen) atoms. The van der Waals surface area contributed by atoms with E-state index in [9.17, 15) is 9.18 Å². The smallest absolute Gasteiger partial charge is 0.258 e. The zero-order valence-electron chi connectivity index (χ0n) is 17.2. The Balaban J connectivity index is 1.46. The zero-order chi connectivity index (χ0) is 21.1. The van der Waals surface area contributed by atoms with E-state index in [1.807, 2.05) is 31.2 Å². The zero-order valence-corrected chi connectivity index (χ0v) is 17.2. The summed E-state index contributed by atoms with van der Waals surface area (Å²) in [4.78, 5) is 24.3. The van der Waals surface area contributed by atoms with Crippen molar-refractivity contribution in [1.82, 2.24) is 9.97 Å². The first-order chi connectivity index (χ1) is 14.5. The van der Waals surface area contributed by atoms with Crippen LogP contribution in [0.2, 0.25) is 0 Å². The Labute approximate surface area is 175 Å². The van der Waals surface area contributed by atoms with Gasteiger partial charge in [0.15, 0.2) is 5.82 Å². The summed E-state index contributed by atoms with van der Waals surface area (Å²) < 4.78 is 19.0. The number of anilines is 2. The van der Waals surface area contributed by atoms with E-state index in [4.69, 9.17) is 9.72 Å². The number of aryl methyl sites for hydroxylation is 1. The van der Waals surface area contributed by atoms with Gasteiger partial charge >= 0.3 is 0 Å². The van der Waals surface area contributed by atoms with Crippen LogP contribution in [0.5, 0.6) is 5.88 Å². The predicted octanol–water partition coefficient (Wildman–Crippen LogP) is 4.33. The van der Waals surface area contributed by atoms with Crippen molar-refractivity contribution in [2.24, 2.45) is 5.92 Å². The largest absolute Gasteiger partial charge is 0.475 e. The van der Waals surface area contributed by atoms with Gasteiger partial charge in [-0.25, -0.2) is 14.4 Å². The number of nitrogens with zero attached hydrogens (tertiary/aromatic N) is 3. The van der Waals surface area contributed by atoms with Crippen LogP contribution in [0, 0.1) is 18.7 Å². The highest BCUT2D eigenvalue weighted by Gasteiger charge is 2.28. The molecule has 0 atom stereocenters. The molecule has 0 aliphatic carbocycles. The summed E-state index contributed by atoms with van der Waals surface area (Å²) in [5.41, 5.74) is 2.99. The molecular formula is C23H25FN4O2. The second-order valence-electron chi connectivity index (χ2n) is 7.48. The topological polar surface area (TPSA) is 67.4 Å². The molecule has 6 nitrogen and oxygen atoms in total. The Bertz CT molecular complexity index is 1060. The fourth-order valence-corrected chi connectivity index (χ4v) is 3.77. The summed E-state index contributed by atoms with van der Waals surface area (Å²) >= 11 is 0. The van der Waals surface area contributed by atoms with Crippen molar-refractivity contribution < 1.29 is 13.9 Å². The lowest BCUT2D eigenvalue weighted by molar-refractivity contribution is -0.120. The molecule has 2 aromatic carbocycles.